The van der Waals surface area contributed by atoms with E-state index in [4.69, 9.17) is 10.5 Å². The molecular weight excluding hydrogens is 242 g/mol. The summed E-state index contributed by atoms with van der Waals surface area (Å²) in [7, 11) is 0. The first-order chi connectivity index (χ1) is 8.85. The summed E-state index contributed by atoms with van der Waals surface area (Å²) in [6, 6.07) is 0.847. The van der Waals surface area contributed by atoms with E-state index in [2.05, 4.69) is 4.90 Å². The van der Waals surface area contributed by atoms with E-state index in [0.29, 0.717) is 12.1 Å². The van der Waals surface area contributed by atoms with Crippen LogP contribution in [0.5, 0.6) is 0 Å². The van der Waals surface area contributed by atoms with Crippen LogP contribution in [-0.2, 0) is 4.74 Å². The van der Waals surface area contributed by atoms with Crippen molar-refractivity contribution >= 4 is 6.09 Å². The largest absolute Gasteiger partial charge is 0.444 e. The topological polar surface area (TPSA) is 58.8 Å². The smallest absolute Gasteiger partial charge is 0.410 e. The van der Waals surface area contributed by atoms with Crippen LogP contribution >= 0.6 is 0 Å². The molecule has 2 fully saturated rings. The van der Waals surface area contributed by atoms with Gasteiger partial charge in [0.15, 0.2) is 0 Å². The van der Waals surface area contributed by atoms with Crippen molar-refractivity contribution in [2.24, 2.45) is 5.73 Å². The lowest BCUT2D eigenvalue weighted by atomic mass is 10.0. The molecule has 1 amide bonds. The number of rotatable bonds is 1. The van der Waals surface area contributed by atoms with Crippen LogP contribution < -0.4 is 5.73 Å². The summed E-state index contributed by atoms with van der Waals surface area (Å²) in [6.45, 7) is 9.45. The van der Waals surface area contributed by atoms with Gasteiger partial charge >= 0.3 is 6.09 Å². The first kappa shape index (κ1) is 14.6. The summed E-state index contributed by atoms with van der Waals surface area (Å²) < 4.78 is 5.42. The van der Waals surface area contributed by atoms with Crippen molar-refractivity contribution in [3.05, 3.63) is 0 Å². The number of amides is 1. The van der Waals surface area contributed by atoms with E-state index >= 15 is 0 Å². The Balaban J connectivity index is 1.81. The Hall–Kier alpha value is -0.810. The number of hydrogen-bond acceptors (Lipinski definition) is 4. The fraction of sp³-hybridized carbons (Fsp3) is 0.929. The van der Waals surface area contributed by atoms with Crippen LogP contribution in [0, 0.1) is 0 Å². The highest BCUT2D eigenvalue weighted by Crippen LogP contribution is 2.21. The third kappa shape index (κ3) is 4.08. The van der Waals surface area contributed by atoms with Crippen molar-refractivity contribution < 1.29 is 9.53 Å². The van der Waals surface area contributed by atoms with Crippen LogP contribution in [0.1, 0.15) is 40.0 Å². The van der Waals surface area contributed by atoms with Crippen LogP contribution in [-0.4, -0.2) is 59.8 Å². The van der Waals surface area contributed by atoms with E-state index in [1.54, 1.807) is 0 Å². The van der Waals surface area contributed by atoms with Gasteiger partial charge in [-0.3, -0.25) is 4.90 Å². The average Bonchev–Trinajstić information content (AvgIpc) is 2.77. The monoisotopic (exact) mass is 269 g/mol. The second-order valence-electron chi connectivity index (χ2n) is 6.74. The maximum atomic E-state index is 12.0. The molecular formula is C14H27N3O2. The molecule has 0 saturated carbocycles. The molecule has 2 saturated heterocycles. The quantitative estimate of drug-likeness (QED) is 0.782. The normalized spacial score (nSPS) is 26.7. The Morgan fingerprint density at radius 3 is 2.37 bits per heavy atom. The predicted molar refractivity (Wildman–Crippen MR) is 75.0 cm³/mol. The number of carbonyl (C=O) groups is 1. The Morgan fingerprint density at radius 2 is 1.79 bits per heavy atom. The first-order valence-electron chi connectivity index (χ1n) is 7.33. The minimum Gasteiger partial charge on any atom is -0.444 e. The van der Waals surface area contributed by atoms with Gasteiger partial charge in [0.25, 0.3) is 0 Å². The molecule has 0 aromatic heterocycles. The minimum absolute atomic E-state index is 0.177. The number of hydrogen-bond donors (Lipinski definition) is 1. The summed E-state index contributed by atoms with van der Waals surface area (Å²) in [6.07, 6.45) is 3.02. The van der Waals surface area contributed by atoms with Gasteiger partial charge in [-0.25, -0.2) is 4.79 Å². The Labute approximate surface area is 116 Å². The number of ether oxygens (including phenoxy) is 1. The maximum Gasteiger partial charge on any atom is 0.410 e. The summed E-state index contributed by atoms with van der Waals surface area (Å²) in [5.74, 6) is 0. The van der Waals surface area contributed by atoms with Crippen molar-refractivity contribution in [3.8, 4) is 0 Å². The second kappa shape index (κ2) is 5.67. The molecule has 2 heterocycles. The highest BCUT2D eigenvalue weighted by Gasteiger charge is 2.33. The van der Waals surface area contributed by atoms with Crippen LogP contribution in [0.2, 0.25) is 0 Å². The number of carbonyl (C=O) groups excluding carboxylic acids is 1. The van der Waals surface area contributed by atoms with Gasteiger partial charge in [-0.15, -0.1) is 0 Å². The van der Waals surface area contributed by atoms with E-state index in [1.165, 1.54) is 0 Å². The van der Waals surface area contributed by atoms with Gasteiger partial charge in [0.1, 0.15) is 5.60 Å². The van der Waals surface area contributed by atoms with Crippen molar-refractivity contribution in [1.82, 2.24) is 9.80 Å². The molecule has 0 aromatic rings. The van der Waals surface area contributed by atoms with Crippen molar-refractivity contribution in [2.75, 3.05) is 26.2 Å². The molecule has 0 bridgehead atoms. The molecule has 5 nitrogen and oxygen atoms in total. The van der Waals surface area contributed by atoms with Crippen molar-refractivity contribution in [1.29, 1.82) is 0 Å². The SMILES string of the molecule is CC(C)(C)OC(=O)N1CC[C@H](N2CCC(N)CC2)C1. The third-order valence-electron chi connectivity index (χ3n) is 3.91. The molecule has 2 aliphatic heterocycles. The number of piperidine rings is 1. The highest BCUT2D eigenvalue weighted by atomic mass is 16.6. The van der Waals surface area contributed by atoms with Crippen LogP contribution in [0.3, 0.4) is 0 Å². The molecule has 2 aliphatic rings. The van der Waals surface area contributed by atoms with Crippen LogP contribution in [0.25, 0.3) is 0 Å². The summed E-state index contributed by atoms with van der Waals surface area (Å²) in [4.78, 5) is 16.3. The Bertz CT molecular complexity index is 319. The first-order valence-corrected chi connectivity index (χ1v) is 7.33. The lowest BCUT2D eigenvalue weighted by molar-refractivity contribution is 0.0276. The van der Waals surface area contributed by atoms with Gasteiger partial charge in [0.2, 0.25) is 0 Å². The molecule has 2 rings (SSSR count). The fourth-order valence-electron chi connectivity index (χ4n) is 2.82. The van der Waals surface area contributed by atoms with Gasteiger partial charge in [-0.1, -0.05) is 0 Å². The summed E-state index contributed by atoms with van der Waals surface area (Å²) in [5.41, 5.74) is 5.52. The standard InChI is InChI=1S/C14H27N3O2/c1-14(2,3)19-13(18)17-9-6-12(10-17)16-7-4-11(15)5-8-16/h11-12H,4-10,15H2,1-3H3/t12-/m0/s1. The molecule has 5 heteroatoms. The zero-order valence-corrected chi connectivity index (χ0v) is 12.4. The molecule has 19 heavy (non-hydrogen) atoms. The lowest BCUT2D eigenvalue weighted by Gasteiger charge is -2.34. The molecule has 0 spiro atoms. The van der Waals surface area contributed by atoms with Crippen molar-refractivity contribution in [2.45, 2.75) is 57.7 Å². The molecule has 0 radical (unpaired) electrons. The third-order valence-corrected chi connectivity index (χ3v) is 3.91. The molecule has 2 N–H and O–H groups in total. The van der Waals surface area contributed by atoms with E-state index in [-0.39, 0.29) is 6.09 Å². The summed E-state index contributed by atoms with van der Waals surface area (Å²) in [5, 5.41) is 0. The van der Waals surface area contributed by atoms with Gasteiger partial charge in [0, 0.05) is 25.2 Å². The minimum atomic E-state index is -0.410. The number of nitrogens with two attached hydrogens (primary N) is 1. The Kier molecular flexibility index (Phi) is 4.36. The molecule has 110 valence electrons. The second-order valence-corrected chi connectivity index (χ2v) is 6.74. The zero-order chi connectivity index (χ0) is 14.0. The molecule has 0 unspecified atom stereocenters. The molecule has 0 aliphatic carbocycles. The molecule has 1 atom stereocenters. The maximum absolute atomic E-state index is 12.0. The van der Waals surface area contributed by atoms with E-state index in [0.717, 1.165) is 45.4 Å². The number of nitrogens with zero attached hydrogens (tertiary/aromatic N) is 2. The summed E-state index contributed by atoms with van der Waals surface area (Å²) >= 11 is 0. The van der Waals surface area contributed by atoms with Gasteiger partial charge < -0.3 is 15.4 Å². The van der Waals surface area contributed by atoms with Gasteiger partial charge in [-0.2, -0.15) is 0 Å². The van der Waals surface area contributed by atoms with E-state index in [1.807, 2.05) is 25.7 Å². The van der Waals surface area contributed by atoms with Gasteiger partial charge in [0.05, 0.1) is 0 Å². The van der Waals surface area contributed by atoms with Crippen LogP contribution in [0.4, 0.5) is 4.79 Å². The zero-order valence-electron chi connectivity index (χ0n) is 12.4. The van der Waals surface area contributed by atoms with E-state index < -0.39 is 5.60 Å². The average molecular weight is 269 g/mol. The number of likely N-dealkylation sites (tertiary alicyclic amines) is 2. The fourth-order valence-corrected chi connectivity index (χ4v) is 2.82. The van der Waals surface area contributed by atoms with Gasteiger partial charge in [-0.05, 0) is 53.1 Å². The van der Waals surface area contributed by atoms with Crippen LogP contribution in [0.15, 0.2) is 0 Å². The van der Waals surface area contributed by atoms with E-state index in [9.17, 15) is 4.79 Å². The molecule has 0 aromatic carbocycles. The predicted octanol–water partition coefficient (Wildman–Crippen LogP) is 1.42. The highest BCUT2D eigenvalue weighted by molar-refractivity contribution is 5.68. The Morgan fingerprint density at radius 1 is 1.16 bits per heavy atom. The van der Waals surface area contributed by atoms with Crippen molar-refractivity contribution in [3.63, 3.8) is 0 Å². The lowest BCUT2D eigenvalue weighted by Crippen LogP contribution is -2.46.